The number of anilines is 1. The van der Waals surface area contributed by atoms with Gasteiger partial charge >= 0.3 is 0 Å². The summed E-state index contributed by atoms with van der Waals surface area (Å²) in [7, 11) is -3.25. The van der Waals surface area contributed by atoms with Gasteiger partial charge in [0.2, 0.25) is 10.0 Å². The third-order valence-corrected chi connectivity index (χ3v) is 7.11. The topological polar surface area (TPSA) is 117 Å². The largest absolute Gasteiger partial charge is 0.365 e. The van der Waals surface area contributed by atoms with E-state index in [2.05, 4.69) is 30.5 Å². The monoisotopic (exact) mass is 415 g/mol. The lowest BCUT2D eigenvalue weighted by Gasteiger charge is -2.33. The number of aromatic nitrogens is 5. The van der Waals surface area contributed by atoms with Crippen LogP contribution < -0.4 is 5.32 Å². The van der Waals surface area contributed by atoms with E-state index in [9.17, 15) is 8.42 Å². The molecule has 1 aliphatic rings. The molecule has 1 atom stereocenters. The van der Waals surface area contributed by atoms with Crippen LogP contribution in [0.15, 0.2) is 30.7 Å². The molecule has 1 unspecified atom stereocenters. The Morgan fingerprint density at radius 3 is 3.00 bits per heavy atom. The molecule has 0 spiro atoms. The first-order valence-electron chi connectivity index (χ1n) is 9.78. The minimum Gasteiger partial charge on any atom is -0.365 e. The van der Waals surface area contributed by atoms with E-state index in [1.54, 1.807) is 22.9 Å². The average Bonchev–Trinajstić information content (AvgIpc) is 3.15. The number of rotatable bonds is 6. The van der Waals surface area contributed by atoms with E-state index in [0.29, 0.717) is 35.8 Å². The number of sulfonamides is 1. The molecule has 29 heavy (non-hydrogen) atoms. The summed E-state index contributed by atoms with van der Waals surface area (Å²) in [5.41, 5.74) is 2.83. The Morgan fingerprint density at radius 1 is 1.31 bits per heavy atom. The normalized spacial score (nSPS) is 18.4. The van der Waals surface area contributed by atoms with E-state index in [-0.39, 0.29) is 17.7 Å². The molecule has 0 radical (unpaired) electrons. The van der Waals surface area contributed by atoms with Crippen molar-refractivity contribution >= 4 is 27.0 Å². The lowest BCUT2D eigenvalue weighted by molar-refractivity contribution is 0.325. The maximum Gasteiger partial charge on any atom is 0.214 e. The molecule has 154 valence electrons. The number of nitrogens with zero attached hydrogens (tertiary/aromatic N) is 5. The smallest absolute Gasteiger partial charge is 0.214 e. The zero-order valence-corrected chi connectivity index (χ0v) is 17.4. The predicted molar refractivity (Wildman–Crippen MR) is 112 cm³/mol. The average molecular weight is 416 g/mol. The molecule has 2 N–H and O–H groups in total. The molecule has 0 bridgehead atoms. The van der Waals surface area contributed by atoms with Gasteiger partial charge in [-0.1, -0.05) is 13.8 Å². The van der Waals surface area contributed by atoms with E-state index in [0.717, 1.165) is 18.4 Å². The van der Waals surface area contributed by atoms with Crippen LogP contribution in [0.4, 0.5) is 5.82 Å². The van der Waals surface area contributed by atoms with Crippen LogP contribution in [0.5, 0.6) is 0 Å². The summed E-state index contributed by atoms with van der Waals surface area (Å²) in [5, 5.41) is 10.2. The van der Waals surface area contributed by atoms with Crippen molar-refractivity contribution in [3.05, 3.63) is 30.7 Å². The fourth-order valence-corrected chi connectivity index (χ4v) is 5.49. The van der Waals surface area contributed by atoms with Crippen molar-refractivity contribution < 1.29 is 8.42 Å². The standard InChI is InChI=1S/C19H25N7O2S/c1-13(2)12-29(27,28)26-8-4-5-14(11-26)23-18-15(6-3-7-20-18)16-9-21-19-17(24-16)10-22-25-19/h3,6-7,9-10,13-14H,4-5,8,11-12H2,1-2H3,(H,20,23)(H,21,22,25). The number of nitrogens with one attached hydrogen (secondary N) is 2. The third-order valence-electron chi connectivity index (χ3n) is 4.90. The molecule has 4 rings (SSSR count). The second-order valence-corrected chi connectivity index (χ2v) is 9.79. The number of fused-ring (bicyclic) bond motifs is 1. The van der Waals surface area contributed by atoms with Gasteiger partial charge in [-0.05, 0) is 30.9 Å². The third kappa shape index (κ3) is 4.38. The second-order valence-electron chi connectivity index (χ2n) is 7.77. The van der Waals surface area contributed by atoms with Crippen molar-refractivity contribution in [1.82, 2.24) is 29.5 Å². The zero-order chi connectivity index (χ0) is 20.4. The van der Waals surface area contributed by atoms with Gasteiger partial charge < -0.3 is 5.32 Å². The minimum absolute atomic E-state index is 0.00930. The minimum atomic E-state index is -3.25. The van der Waals surface area contributed by atoms with Gasteiger partial charge in [0, 0.05) is 30.9 Å². The fraction of sp³-hybridized carbons (Fsp3) is 0.474. The van der Waals surface area contributed by atoms with Gasteiger partial charge in [0.25, 0.3) is 0 Å². The molecule has 0 aromatic carbocycles. The van der Waals surface area contributed by atoms with Gasteiger partial charge in [-0.25, -0.2) is 23.4 Å². The fourth-order valence-electron chi connectivity index (χ4n) is 3.62. The van der Waals surface area contributed by atoms with Crippen molar-refractivity contribution in [2.75, 3.05) is 24.2 Å². The molecule has 3 aromatic heterocycles. The number of H-pyrrole nitrogens is 1. The van der Waals surface area contributed by atoms with Crippen molar-refractivity contribution in [2.45, 2.75) is 32.7 Å². The molecule has 3 aromatic rings. The summed E-state index contributed by atoms with van der Waals surface area (Å²) in [4.78, 5) is 13.4. The number of hydrogen-bond donors (Lipinski definition) is 2. The van der Waals surface area contributed by atoms with Gasteiger partial charge in [0.05, 0.1) is 23.8 Å². The highest BCUT2D eigenvalue weighted by Crippen LogP contribution is 2.27. The van der Waals surface area contributed by atoms with Crippen molar-refractivity contribution in [3.63, 3.8) is 0 Å². The Bertz CT molecular complexity index is 1100. The van der Waals surface area contributed by atoms with E-state index in [4.69, 9.17) is 0 Å². The zero-order valence-electron chi connectivity index (χ0n) is 16.5. The van der Waals surface area contributed by atoms with Crippen LogP contribution >= 0.6 is 0 Å². The summed E-state index contributed by atoms with van der Waals surface area (Å²) < 4.78 is 26.9. The second kappa shape index (κ2) is 8.03. The Balaban J connectivity index is 1.55. The molecular formula is C19H25N7O2S. The Hall–Kier alpha value is -2.59. The van der Waals surface area contributed by atoms with Gasteiger partial charge in [-0.15, -0.1) is 0 Å². The molecule has 1 saturated heterocycles. The van der Waals surface area contributed by atoms with Crippen LogP contribution in [0.25, 0.3) is 22.4 Å². The van der Waals surface area contributed by atoms with Crippen LogP contribution in [0.1, 0.15) is 26.7 Å². The number of aromatic amines is 1. The molecule has 9 nitrogen and oxygen atoms in total. The summed E-state index contributed by atoms with van der Waals surface area (Å²) in [5.74, 6) is 0.958. The van der Waals surface area contributed by atoms with Crippen LogP contribution in [-0.4, -0.2) is 62.8 Å². The van der Waals surface area contributed by atoms with Crippen molar-refractivity contribution in [1.29, 1.82) is 0 Å². The highest BCUT2D eigenvalue weighted by molar-refractivity contribution is 7.89. The van der Waals surface area contributed by atoms with Crippen molar-refractivity contribution in [3.8, 4) is 11.3 Å². The summed E-state index contributed by atoms with van der Waals surface area (Å²) >= 11 is 0. The number of piperidine rings is 1. The first-order valence-corrected chi connectivity index (χ1v) is 11.4. The lowest BCUT2D eigenvalue weighted by atomic mass is 10.1. The van der Waals surface area contributed by atoms with Crippen molar-refractivity contribution in [2.24, 2.45) is 5.92 Å². The van der Waals surface area contributed by atoms with Gasteiger partial charge in [-0.3, -0.25) is 5.10 Å². The molecule has 1 aliphatic heterocycles. The van der Waals surface area contributed by atoms with Crippen LogP contribution in [0, 0.1) is 5.92 Å². The highest BCUT2D eigenvalue weighted by Gasteiger charge is 2.29. The maximum atomic E-state index is 12.6. The van der Waals surface area contributed by atoms with Gasteiger partial charge in [-0.2, -0.15) is 9.40 Å². The molecule has 0 saturated carbocycles. The SMILES string of the molecule is CC(C)CS(=O)(=O)N1CCCC(Nc2ncccc2-c2cnc3[nH]ncc3n2)C1. The van der Waals surface area contributed by atoms with Crippen LogP contribution in [-0.2, 0) is 10.0 Å². The Kier molecular flexibility index (Phi) is 5.46. The van der Waals surface area contributed by atoms with E-state index >= 15 is 0 Å². The van der Waals surface area contributed by atoms with Crippen LogP contribution in [0.2, 0.25) is 0 Å². The summed E-state index contributed by atoms with van der Waals surface area (Å²) in [6, 6.07) is 3.77. The van der Waals surface area contributed by atoms with Gasteiger partial charge in [0.15, 0.2) is 5.65 Å². The molecular weight excluding hydrogens is 390 g/mol. The Labute approximate surface area is 170 Å². The first kappa shape index (κ1) is 19.7. The molecule has 0 amide bonds. The number of hydrogen-bond acceptors (Lipinski definition) is 7. The van der Waals surface area contributed by atoms with E-state index in [1.807, 2.05) is 26.0 Å². The summed E-state index contributed by atoms with van der Waals surface area (Å²) in [6.07, 6.45) is 6.73. The summed E-state index contributed by atoms with van der Waals surface area (Å²) in [6.45, 7) is 4.87. The molecule has 4 heterocycles. The van der Waals surface area contributed by atoms with E-state index in [1.165, 1.54) is 0 Å². The lowest BCUT2D eigenvalue weighted by Crippen LogP contribution is -2.46. The first-order chi connectivity index (χ1) is 13.9. The van der Waals surface area contributed by atoms with E-state index < -0.39 is 10.0 Å². The Morgan fingerprint density at radius 2 is 2.17 bits per heavy atom. The maximum absolute atomic E-state index is 12.6. The number of pyridine rings is 1. The molecule has 0 aliphatic carbocycles. The van der Waals surface area contributed by atoms with Gasteiger partial charge in [0.1, 0.15) is 11.3 Å². The molecule has 1 fully saturated rings. The van der Waals surface area contributed by atoms with Crippen LogP contribution in [0.3, 0.4) is 0 Å². The quantitative estimate of drug-likeness (QED) is 0.634. The highest BCUT2D eigenvalue weighted by atomic mass is 32.2. The predicted octanol–water partition coefficient (Wildman–Crippen LogP) is 2.28. The molecule has 10 heteroatoms.